The van der Waals surface area contributed by atoms with Crippen LogP contribution in [0.3, 0.4) is 0 Å². The Morgan fingerprint density at radius 2 is 1.93 bits per heavy atom. The number of halogens is 3. The van der Waals surface area contributed by atoms with Crippen LogP contribution in [0.4, 0.5) is 13.2 Å². The monoisotopic (exact) mass is 388 g/mol. The van der Waals surface area contributed by atoms with Gasteiger partial charge in [-0.2, -0.15) is 13.2 Å². The molecule has 0 radical (unpaired) electrons. The molecule has 0 aliphatic carbocycles. The molecule has 5 nitrogen and oxygen atoms in total. The predicted molar refractivity (Wildman–Crippen MR) is 95.2 cm³/mol. The van der Waals surface area contributed by atoms with Crippen LogP contribution in [0.25, 0.3) is 0 Å². The van der Waals surface area contributed by atoms with E-state index in [1.54, 1.807) is 20.8 Å². The van der Waals surface area contributed by atoms with Crippen LogP contribution in [0.5, 0.6) is 5.75 Å². The molecular formula is C19H27F3N2O3. The van der Waals surface area contributed by atoms with Gasteiger partial charge in [0.15, 0.2) is 0 Å². The van der Waals surface area contributed by atoms with Gasteiger partial charge in [0.1, 0.15) is 11.4 Å². The molecule has 1 heterocycles. The second-order valence-electron chi connectivity index (χ2n) is 7.72. The third-order valence-corrected chi connectivity index (χ3v) is 4.34. The van der Waals surface area contributed by atoms with Gasteiger partial charge in [-0.25, -0.2) is 0 Å². The molecule has 1 atom stereocenters. The first-order valence-electron chi connectivity index (χ1n) is 8.97. The molecule has 1 aliphatic heterocycles. The second-order valence-corrected chi connectivity index (χ2v) is 7.72. The fourth-order valence-corrected chi connectivity index (χ4v) is 2.98. The predicted octanol–water partition coefficient (Wildman–Crippen LogP) is 3.25. The number of hydrogen-bond acceptors (Lipinski definition) is 4. The van der Waals surface area contributed by atoms with Crippen LogP contribution in [0.2, 0.25) is 0 Å². The summed E-state index contributed by atoms with van der Waals surface area (Å²) in [5.74, 6) is -0.350. The van der Waals surface area contributed by atoms with Crippen LogP contribution in [-0.4, -0.2) is 30.8 Å². The lowest BCUT2D eigenvalue weighted by molar-refractivity contribution is -0.138. The summed E-state index contributed by atoms with van der Waals surface area (Å²) in [6, 6.07) is 3.00. The molecule has 1 aliphatic rings. The minimum absolute atomic E-state index is 0.0246. The fraction of sp³-hybridized carbons (Fsp3) is 0.632. The van der Waals surface area contributed by atoms with Gasteiger partial charge in [-0.3, -0.25) is 4.79 Å². The van der Waals surface area contributed by atoms with Crippen molar-refractivity contribution in [3.63, 3.8) is 0 Å². The topological polar surface area (TPSA) is 73.6 Å². The average Bonchev–Trinajstić information content (AvgIpc) is 2.58. The number of alkyl halides is 3. The lowest BCUT2D eigenvalue weighted by Gasteiger charge is -2.27. The van der Waals surface area contributed by atoms with Crippen LogP contribution in [0.15, 0.2) is 18.2 Å². The first-order valence-corrected chi connectivity index (χ1v) is 8.97. The number of benzene rings is 1. The highest BCUT2D eigenvalue weighted by Crippen LogP contribution is 2.35. The minimum atomic E-state index is -4.56. The minimum Gasteiger partial charge on any atom is -0.488 e. The van der Waals surface area contributed by atoms with Crippen molar-refractivity contribution in [3.05, 3.63) is 29.3 Å². The maximum atomic E-state index is 13.4. The zero-order valence-electron chi connectivity index (χ0n) is 15.9. The van der Waals surface area contributed by atoms with Crippen molar-refractivity contribution in [2.75, 3.05) is 13.2 Å². The summed E-state index contributed by atoms with van der Waals surface area (Å²) in [5, 5.41) is 2.53. The average molecular weight is 388 g/mol. The Hall–Kier alpha value is -1.80. The molecule has 1 aromatic rings. The van der Waals surface area contributed by atoms with Crippen molar-refractivity contribution in [3.8, 4) is 5.75 Å². The van der Waals surface area contributed by atoms with E-state index in [4.69, 9.17) is 15.2 Å². The Morgan fingerprint density at radius 3 is 2.48 bits per heavy atom. The number of carbonyl (C=O) groups excluding carboxylic acids is 1. The molecule has 2 rings (SSSR count). The van der Waals surface area contributed by atoms with Crippen LogP contribution < -0.4 is 15.8 Å². The van der Waals surface area contributed by atoms with Crippen molar-refractivity contribution in [1.29, 1.82) is 0 Å². The van der Waals surface area contributed by atoms with E-state index in [0.29, 0.717) is 26.1 Å². The highest BCUT2D eigenvalue weighted by Gasteiger charge is 2.34. The quantitative estimate of drug-likeness (QED) is 0.812. The van der Waals surface area contributed by atoms with E-state index >= 15 is 0 Å². The number of ether oxygens (including phenoxy) is 2. The van der Waals surface area contributed by atoms with E-state index < -0.39 is 29.3 Å². The first kappa shape index (κ1) is 21.5. The summed E-state index contributed by atoms with van der Waals surface area (Å²) >= 11 is 0. The first-order chi connectivity index (χ1) is 12.5. The molecule has 27 heavy (non-hydrogen) atoms. The molecule has 1 amide bonds. The van der Waals surface area contributed by atoms with Crippen LogP contribution in [-0.2, 0) is 22.3 Å². The summed E-state index contributed by atoms with van der Waals surface area (Å²) in [6.07, 6.45) is -3.22. The molecule has 1 saturated heterocycles. The summed E-state index contributed by atoms with van der Waals surface area (Å²) in [7, 11) is 0. The third kappa shape index (κ3) is 6.39. The number of amides is 1. The van der Waals surface area contributed by atoms with E-state index in [-0.39, 0.29) is 23.8 Å². The van der Waals surface area contributed by atoms with Gasteiger partial charge in [-0.15, -0.1) is 0 Å². The van der Waals surface area contributed by atoms with Crippen molar-refractivity contribution in [2.24, 2.45) is 11.7 Å². The third-order valence-electron chi connectivity index (χ3n) is 4.34. The Bertz CT molecular complexity index is 651. The highest BCUT2D eigenvalue weighted by molar-refractivity contribution is 5.81. The Balaban J connectivity index is 2.09. The van der Waals surface area contributed by atoms with Crippen molar-refractivity contribution in [2.45, 2.75) is 58.0 Å². The van der Waals surface area contributed by atoms with Crippen LogP contribution >= 0.6 is 0 Å². The van der Waals surface area contributed by atoms with Gasteiger partial charge in [0, 0.05) is 19.8 Å². The summed E-state index contributed by atoms with van der Waals surface area (Å²) in [6.45, 7) is 6.10. The van der Waals surface area contributed by atoms with Crippen molar-refractivity contribution >= 4 is 5.91 Å². The van der Waals surface area contributed by atoms with E-state index in [1.807, 2.05) is 0 Å². The maximum absolute atomic E-state index is 13.4. The maximum Gasteiger partial charge on any atom is 0.416 e. The standard InChI is InChI=1S/C19H27F3N2O3/c1-18(2,3)27-14-5-4-13(15(10-14)19(20,21)22)11-24-17(25)16(23)12-6-8-26-9-7-12/h4-5,10,12,16H,6-9,11,23H2,1-3H3,(H,24,25). The van der Waals surface area contributed by atoms with Gasteiger partial charge in [-0.1, -0.05) is 6.07 Å². The zero-order chi connectivity index (χ0) is 20.2. The van der Waals surface area contributed by atoms with Gasteiger partial charge in [0.05, 0.1) is 11.6 Å². The Labute approximate surface area is 157 Å². The molecule has 0 saturated carbocycles. The fourth-order valence-electron chi connectivity index (χ4n) is 2.98. The van der Waals surface area contributed by atoms with Crippen molar-refractivity contribution in [1.82, 2.24) is 5.32 Å². The Kier molecular flexibility index (Phi) is 6.75. The van der Waals surface area contributed by atoms with Gasteiger partial charge >= 0.3 is 6.18 Å². The van der Waals surface area contributed by atoms with E-state index in [2.05, 4.69) is 5.32 Å². The van der Waals surface area contributed by atoms with E-state index in [1.165, 1.54) is 12.1 Å². The summed E-state index contributed by atoms with van der Waals surface area (Å²) < 4.78 is 51.0. The number of rotatable bonds is 5. The summed E-state index contributed by atoms with van der Waals surface area (Å²) in [4.78, 5) is 12.2. The van der Waals surface area contributed by atoms with Crippen molar-refractivity contribution < 1.29 is 27.4 Å². The van der Waals surface area contributed by atoms with E-state index in [0.717, 1.165) is 6.07 Å². The van der Waals surface area contributed by atoms with Gasteiger partial charge in [-0.05, 0) is 57.2 Å². The lowest BCUT2D eigenvalue weighted by atomic mass is 9.92. The molecule has 0 spiro atoms. The molecule has 0 aromatic heterocycles. The van der Waals surface area contributed by atoms with Gasteiger partial charge in [0.2, 0.25) is 5.91 Å². The molecule has 1 unspecified atom stereocenters. The number of nitrogens with one attached hydrogen (secondary N) is 1. The zero-order valence-corrected chi connectivity index (χ0v) is 15.9. The largest absolute Gasteiger partial charge is 0.488 e. The number of hydrogen-bond donors (Lipinski definition) is 2. The molecule has 1 aromatic carbocycles. The number of nitrogens with two attached hydrogens (primary N) is 1. The van der Waals surface area contributed by atoms with E-state index in [9.17, 15) is 18.0 Å². The Morgan fingerprint density at radius 1 is 1.30 bits per heavy atom. The van der Waals surface area contributed by atoms with Crippen LogP contribution in [0, 0.1) is 5.92 Å². The van der Waals surface area contributed by atoms with Gasteiger partial charge < -0.3 is 20.5 Å². The second kappa shape index (κ2) is 8.48. The molecule has 1 fully saturated rings. The normalized spacial score (nSPS) is 17.4. The molecule has 8 heteroatoms. The van der Waals surface area contributed by atoms with Gasteiger partial charge in [0.25, 0.3) is 0 Å². The lowest BCUT2D eigenvalue weighted by Crippen LogP contribution is -2.47. The molecular weight excluding hydrogens is 361 g/mol. The molecule has 152 valence electrons. The number of carbonyl (C=O) groups is 1. The SMILES string of the molecule is CC(C)(C)Oc1ccc(CNC(=O)C(N)C2CCOCC2)c(C(F)(F)F)c1. The molecule has 3 N–H and O–H groups in total. The summed E-state index contributed by atoms with van der Waals surface area (Å²) in [5.41, 5.74) is 4.49. The van der Waals surface area contributed by atoms with Crippen LogP contribution in [0.1, 0.15) is 44.7 Å². The highest BCUT2D eigenvalue weighted by atomic mass is 19.4. The molecule has 0 bridgehead atoms. The smallest absolute Gasteiger partial charge is 0.416 e.